The summed E-state index contributed by atoms with van der Waals surface area (Å²) in [6, 6.07) is 18.0. The second-order valence-electron chi connectivity index (χ2n) is 7.70. The predicted molar refractivity (Wildman–Crippen MR) is 120 cm³/mol. The minimum Gasteiger partial charge on any atom is -0.372 e. The number of nitrogens with one attached hydrogen (secondary N) is 2. The molecule has 0 bridgehead atoms. The summed E-state index contributed by atoms with van der Waals surface area (Å²) in [6.07, 6.45) is 0.140. The van der Waals surface area contributed by atoms with E-state index in [0.717, 1.165) is 18.1 Å². The van der Waals surface area contributed by atoms with E-state index in [-0.39, 0.29) is 18.1 Å². The average molecular weight is 409 g/mol. The van der Waals surface area contributed by atoms with Crippen LogP contribution in [0.25, 0.3) is 0 Å². The molecule has 0 aliphatic carbocycles. The van der Waals surface area contributed by atoms with Gasteiger partial charge in [-0.15, -0.1) is 0 Å². The number of benzene rings is 2. The number of hydrogen-bond acceptors (Lipinski definition) is 3. The van der Waals surface area contributed by atoms with Crippen LogP contribution in [0.5, 0.6) is 0 Å². The summed E-state index contributed by atoms with van der Waals surface area (Å²) in [5.41, 5.74) is 2.98. The Bertz CT molecular complexity index is 826. The van der Waals surface area contributed by atoms with Crippen LogP contribution in [0.1, 0.15) is 42.3 Å². The summed E-state index contributed by atoms with van der Waals surface area (Å²) >= 11 is 0. The molecular formula is C24H32N4O2. The van der Waals surface area contributed by atoms with Crippen molar-refractivity contribution < 1.29 is 9.53 Å². The third-order valence-corrected chi connectivity index (χ3v) is 4.97. The molecule has 1 aliphatic heterocycles. The van der Waals surface area contributed by atoms with E-state index in [1.54, 1.807) is 0 Å². The topological polar surface area (TPSA) is 66.0 Å². The van der Waals surface area contributed by atoms with Crippen molar-refractivity contribution in [2.24, 2.45) is 4.99 Å². The number of ether oxygens (including phenoxy) is 1. The van der Waals surface area contributed by atoms with Crippen LogP contribution in [-0.2, 0) is 17.8 Å². The maximum Gasteiger partial charge on any atom is 0.254 e. The van der Waals surface area contributed by atoms with E-state index in [1.807, 2.05) is 68.1 Å². The maximum atomic E-state index is 12.8. The Balaban J connectivity index is 1.56. The van der Waals surface area contributed by atoms with Crippen molar-refractivity contribution in [2.45, 2.75) is 46.1 Å². The fraction of sp³-hybridized carbons (Fsp3) is 0.417. The monoisotopic (exact) mass is 408 g/mol. The largest absolute Gasteiger partial charge is 0.372 e. The molecule has 1 saturated heterocycles. The molecule has 2 unspecified atom stereocenters. The second kappa shape index (κ2) is 10.8. The van der Waals surface area contributed by atoms with Gasteiger partial charge in [0, 0.05) is 31.7 Å². The van der Waals surface area contributed by atoms with Gasteiger partial charge in [0.25, 0.3) is 5.91 Å². The minimum absolute atomic E-state index is 0.0641. The fourth-order valence-electron chi connectivity index (χ4n) is 3.57. The highest BCUT2D eigenvalue weighted by atomic mass is 16.5. The van der Waals surface area contributed by atoms with E-state index < -0.39 is 0 Å². The first-order valence-corrected chi connectivity index (χ1v) is 10.6. The van der Waals surface area contributed by atoms with Gasteiger partial charge in [0.15, 0.2) is 5.96 Å². The molecule has 6 heteroatoms. The highest BCUT2D eigenvalue weighted by molar-refractivity contribution is 5.94. The summed E-state index contributed by atoms with van der Waals surface area (Å²) in [7, 11) is 0. The molecule has 0 spiro atoms. The molecule has 2 aromatic rings. The Kier molecular flexibility index (Phi) is 7.85. The zero-order valence-electron chi connectivity index (χ0n) is 18.1. The van der Waals surface area contributed by atoms with Gasteiger partial charge >= 0.3 is 0 Å². The molecule has 0 radical (unpaired) electrons. The van der Waals surface area contributed by atoms with E-state index >= 15 is 0 Å². The SMILES string of the molecule is CCNC(=NCc1ccccc1)NCc1ccc(C(=O)N2CC(C)OC(C)C2)cc1. The van der Waals surface area contributed by atoms with Crippen LogP contribution in [0, 0.1) is 0 Å². The Morgan fingerprint density at radius 2 is 1.67 bits per heavy atom. The zero-order valence-corrected chi connectivity index (χ0v) is 18.1. The molecule has 6 nitrogen and oxygen atoms in total. The van der Waals surface area contributed by atoms with Gasteiger partial charge in [-0.25, -0.2) is 4.99 Å². The molecule has 2 N–H and O–H groups in total. The summed E-state index contributed by atoms with van der Waals surface area (Å²) in [5, 5.41) is 6.63. The molecule has 3 rings (SSSR count). The van der Waals surface area contributed by atoms with Gasteiger partial charge in [0.2, 0.25) is 0 Å². The second-order valence-corrected chi connectivity index (χ2v) is 7.70. The first-order valence-electron chi connectivity index (χ1n) is 10.6. The van der Waals surface area contributed by atoms with Crippen LogP contribution in [0.2, 0.25) is 0 Å². The van der Waals surface area contributed by atoms with Crippen molar-refractivity contribution in [1.29, 1.82) is 0 Å². The smallest absolute Gasteiger partial charge is 0.254 e. The van der Waals surface area contributed by atoms with Crippen molar-refractivity contribution in [3.05, 3.63) is 71.3 Å². The third kappa shape index (κ3) is 6.32. The number of rotatable bonds is 6. The molecule has 1 aliphatic rings. The van der Waals surface area contributed by atoms with Gasteiger partial charge in [-0.1, -0.05) is 42.5 Å². The number of guanidine groups is 1. The number of morpholine rings is 1. The first kappa shape index (κ1) is 21.8. The van der Waals surface area contributed by atoms with Gasteiger partial charge in [0.1, 0.15) is 0 Å². The molecule has 1 heterocycles. The summed E-state index contributed by atoms with van der Waals surface area (Å²) in [5.74, 6) is 0.840. The van der Waals surface area contributed by atoms with E-state index in [9.17, 15) is 4.79 Å². The van der Waals surface area contributed by atoms with Crippen LogP contribution >= 0.6 is 0 Å². The quantitative estimate of drug-likeness (QED) is 0.569. The predicted octanol–water partition coefficient (Wildman–Crippen LogP) is 3.19. The van der Waals surface area contributed by atoms with Crippen molar-refractivity contribution in [2.75, 3.05) is 19.6 Å². The van der Waals surface area contributed by atoms with Crippen LogP contribution in [0.4, 0.5) is 0 Å². The van der Waals surface area contributed by atoms with Crippen LogP contribution in [-0.4, -0.2) is 48.6 Å². The number of nitrogens with zero attached hydrogens (tertiary/aromatic N) is 2. The Labute approximate surface area is 179 Å². The van der Waals surface area contributed by atoms with E-state index in [2.05, 4.69) is 27.8 Å². The Morgan fingerprint density at radius 3 is 2.30 bits per heavy atom. The number of carbonyl (C=O) groups is 1. The average Bonchev–Trinajstić information content (AvgIpc) is 2.75. The van der Waals surface area contributed by atoms with Gasteiger partial charge in [-0.2, -0.15) is 0 Å². The molecule has 1 fully saturated rings. The minimum atomic E-state index is 0.0641. The van der Waals surface area contributed by atoms with E-state index in [4.69, 9.17) is 4.74 Å². The van der Waals surface area contributed by atoms with E-state index in [1.165, 1.54) is 5.56 Å². The van der Waals surface area contributed by atoms with Crippen molar-refractivity contribution in [1.82, 2.24) is 15.5 Å². The Morgan fingerprint density at radius 1 is 1.00 bits per heavy atom. The van der Waals surface area contributed by atoms with Crippen LogP contribution in [0.3, 0.4) is 0 Å². The van der Waals surface area contributed by atoms with Crippen molar-refractivity contribution in [3.8, 4) is 0 Å². The molecule has 0 saturated carbocycles. The number of hydrogen-bond donors (Lipinski definition) is 2. The summed E-state index contributed by atoms with van der Waals surface area (Å²) in [4.78, 5) is 19.3. The van der Waals surface area contributed by atoms with Gasteiger partial charge < -0.3 is 20.3 Å². The number of aliphatic imine (C=N–C) groups is 1. The lowest BCUT2D eigenvalue weighted by atomic mass is 10.1. The lowest BCUT2D eigenvalue weighted by Gasteiger charge is -2.35. The van der Waals surface area contributed by atoms with Gasteiger partial charge in [0.05, 0.1) is 18.8 Å². The van der Waals surface area contributed by atoms with Crippen LogP contribution in [0.15, 0.2) is 59.6 Å². The van der Waals surface area contributed by atoms with E-state index in [0.29, 0.717) is 31.7 Å². The normalized spacial score (nSPS) is 19.4. The first-order chi connectivity index (χ1) is 14.5. The standard InChI is InChI=1S/C24H32N4O2/c1-4-25-24(26-14-20-8-6-5-7-9-20)27-15-21-10-12-22(13-11-21)23(29)28-16-18(2)30-19(3)17-28/h5-13,18-19H,4,14-17H2,1-3H3,(H2,25,26,27). The Hall–Kier alpha value is -2.86. The summed E-state index contributed by atoms with van der Waals surface area (Å²) in [6.45, 7) is 9.39. The highest BCUT2D eigenvalue weighted by Crippen LogP contribution is 2.15. The van der Waals surface area contributed by atoms with Crippen LogP contribution < -0.4 is 10.6 Å². The molecule has 30 heavy (non-hydrogen) atoms. The molecule has 0 aromatic heterocycles. The molecule has 2 atom stereocenters. The van der Waals surface area contributed by atoms with Gasteiger partial charge in [-0.05, 0) is 44.0 Å². The van der Waals surface area contributed by atoms with Crippen molar-refractivity contribution >= 4 is 11.9 Å². The molecule has 160 valence electrons. The zero-order chi connectivity index (χ0) is 21.3. The highest BCUT2D eigenvalue weighted by Gasteiger charge is 2.26. The lowest BCUT2D eigenvalue weighted by Crippen LogP contribution is -2.48. The third-order valence-electron chi connectivity index (χ3n) is 4.97. The van der Waals surface area contributed by atoms with Gasteiger partial charge in [-0.3, -0.25) is 4.79 Å². The molecule has 1 amide bonds. The van der Waals surface area contributed by atoms with Crippen molar-refractivity contribution in [3.63, 3.8) is 0 Å². The molecular weight excluding hydrogens is 376 g/mol. The lowest BCUT2D eigenvalue weighted by molar-refractivity contribution is -0.0586. The molecule has 2 aromatic carbocycles. The fourth-order valence-corrected chi connectivity index (χ4v) is 3.57. The summed E-state index contributed by atoms with van der Waals surface area (Å²) < 4.78 is 5.72. The maximum absolute atomic E-state index is 12.8. The number of amides is 1. The number of carbonyl (C=O) groups excluding carboxylic acids is 1.